The third kappa shape index (κ3) is 6.74. The van der Waals surface area contributed by atoms with Crippen molar-refractivity contribution in [1.29, 1.82) is 0 Å². The van der Waals surface area contributed by atoms with Crippen molar-refractivity contribution in [2.45, 2.75) is 6.42 Å². The van der Waals surface area contributed by atoms with E-state index in [0.29, 0.717) is 18.9 Å². The number of hydrogen-bond donors (Lipinski definition) is 2. The molecule has 1 fully saturated rings. The Morgan fingerprint density at radius 2 is 1.95 bits per heavy atom. The molecule has 1 amide bonds. The maximum Gasteiger partial charge on any atom is 0.226 e. The molecule has 1 heterocycles. The summed E-state index contributed by atoms with van der Waals surface area (Å²) in [5.74, 6) is 2.66. The maximum atomic E-state index is 11.8. The van der Waals surface area contributed by atoms with Gasteiger partial charge in [-0.05, 0) is 24.3 Å². The Morgan fingerprint density at radius 3 is 2.59 bits per heavy atom. The van der Waals surface area contributed by atoms with Gasteiger partial charge in [0.25, 0.3) is 0 Å². The Labute approximate surface area is 160 Å². The Bertz CT molecular complexity index is 506. The van der Waals surface area contributed by atoms with E-state index in [4.69, 9.17) is 5.73 Å². The first kappa shape index (κ1) is 19.6. The number of rotatable bonds is 4. The van der Waals surface area contributed by atoms with Gasteiger partial charge in [0.2, 0.25) is 5.91 Å². The van der Waals surface area contributed by atoms with Gasteiger partial charge in [0.15, 0.2) is 5.96 Å². The third-order valence-electron chi connectivity index (χ3n) is 3.08. The van der Waals surface area contributed by atoms with E-state index in [1.54, 1.807) is 0 Å². The number of carbonyl (C=O) groups is 1. The second kappa shape index (κ2) is 10.3. The average molecular weight is 499 g/mol. The molecule has 22 heavy (non-hydrogen) atoms. The minimum atomic E-state index is -0.0527. The number of thioether (sulfide) groups is 1. The number of amides is 1. The second-order valence-corrected chi connectivity index (χ2v) is 6.78. The summed E-state index contributed by atoms with van der Waals surface area (Å²) in [7, 11) is 0. The number of halogens is 2. The highest BCUT2D eigenvalue weighted by Crippen LogP contribution is 2.14. The number of benzene rings is 1. The first-order valence-electron chi connectivity index (χ1n) is 6.83. The number of nitrogens with zero attached hydrogens (tertiary/aromatic N) is 2. The molecule has 0 unspecified atom stereocenters. The van der Waals surface area contributed by atoms with E-state index in [1.807, 2.05) is 36.0 Å². The predicted octanol–water partition coefficient (Wildman–Crippen LogP) is 2.76. The van der Waals surface area contributed by atoms with Crippen LogP contribution in [0, 0.1) is 0 Å². The zero-order valence-corrected chi connectivity index (χ0v) is 16.9. The van der Waals surface area contributed by atoms with Gasteiger partial charge in [-0.15, -0.1) is 24.0 Å². The fraction of sp³-hybridized carbons (Fsp3) is 0.429. The van der Waals surface area contributed by atoms with E-state index in [2.05, 4.69) is 31.1 Å². The van der Waals surface area contributed by atoms with E-state index in [0.717, 1.165) is 34.8 Å². The van der Waals surface area contributed by atoms with Gasteiger partial charge in [0, 0.05) is 41.2 Å². The lowest BCUT2D eigenvalue weighted by Crippen LogP contribution is -2.42. The Balaban J connectivity index is 0.00000242. The maximum absolute atomic E-state index is 11.8. The summed E-state index contributed by atoms with van der Waals surface area (Å²) in [4.78, 5) is 18.2. The molecule has 1 saturated heterocycles. The molecule has 0 aliphatic carbocycles. The van der Waals surface area contributed by atoms with Crippen molar-refractivity contribution in [3.63, 3.8) is 0 Å². The smallest absolute Gasteiger partial charge is 0.226 e. The monoisotopic (exact) mass is 498 g/mol. The number of hydrogen-bond acceptors (Lipinski definition) is 3. The van der Waals surface area contributed by atoms with Gasteiger partial charge in [0.05, 0.1) is 6.54 Å². The van der Waals surface area contributed by atoms with Crippen LogP contribution in [0.2, 0.25) is 0 Å². The van der Waals surface area contributed by atoms with Crippen LogP contribution in [0.25, 0.3) is 0 Å². The molecule has 1 aromatic rings. The molecule has 0 aromatic heterocycles. The fourth-order valence-electron chi connectivity index (χ4n) is 1.92. The zero-order chi connectivity index (χ0) is 15.1. The van der Waals surface area contributed by atoms with Gasteiger partial charge in [-0.3, -0.25) is 9.79 Å². The normalized spacial score (nSPS) is 15.1. The quantitative estimate of drug-likeness (QED) is 0.380. The molecule has 3 N–H and O–H groups in total. The van der Waals surface area contributed by atoms with Gasteiger partial charge in [0.1, 0.15) is 0 Å². The molecule has 122 valence electrons. The lowest BCUT2D eigenvalue weighted by atomic mass is 10.3. The summed E-state index contributed by atoms with van der Waals surface area (Å²) in [6.45, 7) is 2.29. The van der Waals surface area contributed by atoms with Crippen LogP contribution in [0.15, 0.2) is 33.7 Å². The van der Waals surface area contributed by atoms with E-state index in [9.17, 15) is 4.79 Å². The van der Waals surface area contributed by atoms with Crippen LogP contribution in [0.3, 0.4) is 0 Å². The topological polar surface area (TPSA) is 70.7 Å². The molecule has 0 saturated carbocycles. The molecule has 0 atom stereocenters. The standard InChI is InChI=1S/C14H19BrN4OS.HI/c15-11-1-3-12(4-2-11)18-13(20)5-6-17-14(16)19-7-9-21-10-8-19;/h1-4H,5-10H2,(H2,16,17)(H,18,20);1H. The number of aliphatic imine (C=N–C) groups is 1. The van der Waals surface area contributed by atoms with Crippen LogP contribution in [0.5, 0.6) is 0 Å². The third-order valence-corrected chi connectivity index (χ3v) is 4.55. The Morgan fingerprint density at radius 1 is 1.32 bits per heavy atom. The number of guanidine groups is 1. The van der Waals surface area contributed by atoms with Crippen molar-refractivity contribution in [1.82, 2.24) is 4.90 Å². The molecule has 2 rings (SSSR count). The number of carbonyl (C=O) groups excluding carboxylic acids is 1. The lowest BCUT2D eigenvalue weighted by Gasteiger charge is -2.27. The summed E-state index contributed by atoms with van der Waals surface area (Å²) < 4.78 is 0.984. The van der Waals surface area contributed by atoms with Gasteiger partial charge in [-0.1, -0.05) is 15.9 Å². The van der Waals surface area contributed by atoms with Crippen LogP contribution < -0.4 is 11.1 Å². The van der Waals surface area contributed by atoms with Crippen LogP contribution in [-0.2, 0) is 4.79 Å². The number of nitrogens with two attached hydrogens (primary N) is 1. The van der Waals surface area contributed by atoms with Gasteiger partial charge in [-0.2, -0.15) is 11.8 Å². The molecule has 5 nitrogen and oxygen atoms in total. The highest BCUT2D eigenvalue weighted by Gasteiger charge is 2.12. The Hall–Kier alpha value is -0.480. The molecular weight excluding hydrogens is 479 g/mol. The molecule has 0 spiro atoms. The molecule has 0 bridgehead atoms. The van der Waals surface area contributed by atoms with Gasteiger partial charge < -0.3 is 16.0 Å². The molecule has 1 aliphatic heterocycles. The van der Waals surface area contributed by atoms with E-state index in [-0.39, 0.29) is 29.9 Å². The van der Waals surface area contributed by atoms with E-state index in [1.165, 1.54) is 0 Å². The highest BCUT2D eigenvalue weighted by atomic mass is 127. The highest BCUT2D eigenvalue weighted by molar-refractivity contribution is 14.0. The minimum Gasteiger partial charge on any atom is -0.370 e. The van der Waals surface area contributed by atoms with Crippen molar-refractivity contribution in [2.24, 2.45) is 10.7 Å². The summed E-state index contributed by atoms with van der Waals surface area (Å²) in [5.41, 5.74) is 6.72. The number of nitrogens with one attached hydrogen (secondary N) is 1. The fourth-order valence-corrected chi connectivity index (χ4v) is 3.09. The van der Waals surface area contributed by atoms with Crippen LogP contribution in [0.4, 0.5) is 5.69 Å². The molecule has 8 heteroatoms. The minimum absolute atomic E-state index is 0. The summed E-state index contributed by atoms with van der Waals surface area (Å²) >= 11 is 5.28. The van der Waals surface area contributed by atoms with Gasteiger partial charge in [-0.25, -0.2) is 0 Å². The average Bonchev–Trinajstić information content (AvgIpc) is 2.50. The van der Waals surface area contributed by atoms with Crippen molar-refractivity contribution >= 4 is 69.2 Å². The largest absolute Gasteiger partial charge is 0.370 e. The van der Waals surface area contributed by atoms with Crippen LogP contribution >= 0.6 is 51.7 Å². The van der Waals surface area contributed by atoms with Crippen molar-refractivity contribution in [2.75, 3.05) is 36.5 Å². The summed E-state index contributed by atoms with van der Waals surface area (Å²) in [6, 6.07) is 7.48. The van der Waals surface area contributed by atoms with E-state index >= 15 is 0 Å². The second-order valence-electron chi connectivity index (χ2n) is 4.64. The molecule has 0 radical (unpaired) electrons. The predicted molar refractivity (Wildman–Crippen MR) is 108 cm³/mol. The summed E-state index contributed by atoms with van der Waals surface area (Å²) in [6.07, 6.45) is 0.333. The zero-order valence-electron chi connectivity index (χ0n) is 12.1. The lowest BCUT2D eigenvalue weighted by molar-refractivity contribution is -0.116. The first-order valence-corrected chi connectivity index (χ1v) is 8.78. The summed E-state index contributed by atoms with van der Waals surface area (Å²) in [5, 5.41) is 2.84. The van der Waals surface area contributed by atoms with Gasteiger partial charge >= 0.3 is 0 Å². The Kier molecular flexibility index (Phi) is 9.18. The van der Waals surface area contributed by atoms with Crippen molar-refractivity contribution in [3.8, 4) is 0 Å². The molecule has 1 aliphatic rings. The number of anilines is 1. The van der Waals surface area contributed by atoms with Crippen LogP contribution in [0.1, 0.15) is 6.42 Å². The SMILES string of the molecule is I.NC(=NCCC(=O)Nc1ccc(Br)cc1)N1CCSCC1. The molecular formula is C14H20BrIN4OS. The van der Waals surface area contributed by atoms with Crippen molar-refractivity contribution < 1.29 is 4.79 Å². The van der Waals surface area contributed by atoms with Crippen LogP contribution in [-0.4, -0.2) is 47.9 Å². The van der Waals surface area contributed by atoms with E-state index < -0.39 is 0 Å². The van der Waals surface area contributed by atoms with Crippen molar-refractivity contribution in [3.05, 3.63) is 28.7 Å². The molecule has 1 aromatic carbocycles. The first-order chi connectivity index (χ1) is 10.1.